The average molecular weight is 289 g/mol. The lowest BCUT2D eigenvalue weighted by Crippen LogP contribution is -2.20. The zero-order valence-corrected chi connectivity index (χ0v) is 10.9. The number of hydrogen-bond donors (Lipinski definition) is 2. The number of carboxylic acid groups (broad SMARTS) is 1. The number of halogens is 1. The summed E-state index contributed by atoms with van der Waals surface area (Å²) in [5, 5.41) is 11.1. The number of rotatable bonds is 5. The van der Waals surface area contributed by atoms with E-state index in [-0.39, 0.29) is 17.9 Å². The maximum atomic E-state index is 13.3. The van der Waals surface area contributed by atoms with Gasteiger partial charge in [0.2, 0.25) is 0 Å². The van der Waals surface area contributed by atoms with E-state index < -0.39 is 17.7 Å². The first-order valence-electron chi connectivity index (χ1n) is 6.07. The maximum Gasteiger partial charge on any atom is 0.335 e. The molecule has 0 aliphatic rings. The number of hydrogen-bond acceptors (Lipinski definition) is 3. The highest BCUT2D eigenvalue weighted by molar-refractivity contribution is 5.92. The van der Waals surface area contributed by atoms with Crippen LogP contribution in [0.4, 0.5) is 10.1 Å². The Morgan fingerprint density at radius 3 is 2.38 bits per heavy atom. The largest absolute Gasteiger partial charge is 0.484 e. The second-order valence-electron chi connectivity index (χ2n) is 4.15. The lowest BCUT2D eigenvalue weighted by atomic mass is 10.2. The monoisotopic (exact) mass is 289 g/mol. The Morgan fingerprint density at radius 2 is 1.76 bits per heavy atom. The summed E-state index contributed by atoms with van der Waals surface area (Å²) in [6.07, 6.45) is 0. The maximum absolute atomic E-state index is 13.3. The molecule has 2 rings (SSSR count). The molecule has 0 aromatic heterocycles. The predicted molar refractivity (Wildman–Crippen MR) is 73.9 cm³/mol. The van der Waals surface area contributed by atoms with Gasteiger partial charge in [-0.15, -0.1) is 0 Å². The first kappa shape index (κ1) is 14.5. The van der Waals surface area contributed by atoms with E-state index in [1.807, 2.05) is 0 Å². The van der Waals surface area contributed by atoms with E-state index in [2.05, 4.69) is 5.32 Å². The minimum Gasteiger partial charge on any atom is -0.484 e. The number of benzene rings is 2. The van der Waals surface area contributed by atoms with Crippen LogP contribution in [0.25, 0.3) is 0 Å². The second kappa shape index (κ2) is 6.51. The van der Waals surface area contributed by atoms with Crippen LogP contribution in [0.5, 0.6) is 5.75 Å². The highest BCUT2D eigenvalue weighted by Gasteiger charge is 2.07. The zero-order chi connectivity index (χ0) is 15.2. The number of carbonyl (C=O) groups is 2. The number of aromatic carboxylic acids is 1. The third-order valence-corrected chi connectivity index (χ3v) is 2.62. The Morgan fingerprint density at radius 1 is 1.10 bits per heavy atom. The molecule has 2 N–H and O–H groups in total. The number of anilines is 1. The number of carbonyl (C=O) groups excluding carboxylic acids is 1. The average Bonchev–Trinajstić information content (AvgIpc) is 2.48. The van der Waals surface area contributed by atoms with Crippen LogP contribution < -0.4 is 10.1 Å². The molecule has 0 radical (unpaired) electrons. The van der Waals surface area contributed by atoms with E-state index >= 15 is 0 Å². The van der Waals surface area contributed by atoms with E-state index in [0.29, 0.717) is 5.75 Å². The van der Waals surface area contributed by atoms with Crippen LogP contribution >= 0.6 is 0 Å². The van der Waals surface area contributed by atoms with Gasteiger partial charge in [-0.25, -0.2) is 9.18 Å². The van der Waals surface area contributed by atoms with Gasteiger partial charge in [-0.2, -0.15) is 0 Å². The molecule has 108 valence electrons. The van der Waals surface area contributed by atoms with E-state index in [0.717, 1.165) is 0 Å². The predicted octanol–water partition coefficient (Wildman–Crippen LogP) is 2.54. The van der Waals surface area contributed by atoms with Gasteiger partial charge in [0.25, 0.3) is 5.91 Å². The fourth-order valence-electron chi connectivity index (χ4n) is 1.59. The molecule has 0 aliphatic heterocycles. The topological polar surface area (TPSA) is 75.6 Å². The van der Waals surface area contributed by atoms with Crippen LogP contribution in [0.15, 0.2) is 48.5 Å². The molecule has 1 amide bonds. The Labute approximate surface area is 120 Å². The fraction of sp³-hybridized carbons (Fsp3) is 0.0667. The molecule has 0 atom stereocenters. The van der Waals surface area contributed by atoms with E-state index in [1.54, 1.807) is 6.07 Å². The van der Waals surface area contributed by atoms with Crippen LogP contribution in [0.1, 0.15) is 10.4 Å². The summed E-state index contributed by atoms with van der Waals surface area (Å²) < 4.78 is 18.5. The lowest BCUT2D eigenvalue weighted by molar-refractivity contribution is -0.118. The molecular weight excluding hydrogens is 277 g/mol. The van der Waals surface area contributed by atoms with Crippen LogP contribution in [-0.4, -0.2) is 23.6 Å². The Balaban J connectivity index is 1.89. The molecule has 0 fully saturated rings. The summed E-state index contributed by atoms with van der Waals surface area (Å²) in [7, 11) is 0. The van der Waals surface area contributed by atoms with Gasteiger partial charge in [0.15, 0.2) is 6.61 Å². The summed E-state index contributed by atoms with van der Waals surface area (Å²) in [6, 6.07) is 11.4. The van der Waals surface area contributed by atoms with E-state index in [4.69, 9.17) is 9.84 Å². The number of ether oxygens (including phenoxy) is 1. The van der Waals surface area contributed by atoms with Crippen molar-refractivity contribution >= 4 is 17.6 Å². The van der Waals surface area contributed by atoms with Gasteiger partial charge in [-0.05, 0) is 36.4 Å². The van der Waals surface area contributed by atoms with Crippen LogP contribution in [0, 0.1) is 5.82 Å². The van der Waals surface area contributed by atoms with E-state index in [1.165, 1.54) is 42.5 Å². The molecule has 0 spiro atoms. The molecular formula is C15H12FNO4. The van der Waals surface area contributed by atoms with Gasteiger partial charge in [0.1, 0.15) is 11.6 Å². The molecule has 0 saturated heterocycles. The summed E-state index contributed by atoms with van der Waals surface area (Å²) >= 11 is 0. The number of amides is 1. The summed E-state index contributed by atoms with van der Waals surface area (Å²) in [5.41, 5.74) is 0.200. The molecule has 2 aromatic rings. The van der Waals surface area contributed by atoms with Crippen molar-refractivity contribution < 1.29 is 23.8 Å². The summed E-state index contributed by atoms with van der Waals surface area (Å²) in [5.74, 6) is -1.73. The Bertz CT molecular complexity index is 655. The van der Waals surface area contributed by atoms with Gasteiger partial charge in [0.05, 0.1) is 11.3 Å². The van der Waals surface area contributed by atoms with Crippen LogP contribution in [0.3, 0.4) is 0 Å². The minimum absolute atomic E-state index is 0.0762. The van der Waals surface area contributed by atoms with Crippen molar-refractivity contribution in [3.8, 4) is 5.75 Å². The fourth-order valence-corrected chi connectivity index (χ4v) is 1.59. The van der Waals surface area contributed by atoms with Crippen molar-refractivity contribution in [3.63, 3.8) is 0 Å². The van der Waals surface area contributed by atoms with Crippen molar-refractivity contribution in [3.05, 3.63) is 59.9 Å². The standard InChI is InChI=1S/C15H12FNO4/c16-12-3-1-2-4-13(12)17-14(18)9-21-11-7-5-10(6-8-11)15(19)20/h1-8H,9H2,(H,17,18)(H,19,20). The van der Waals surface area contributed by atoms with Gasteiger partial charge in [-0.3, -0.25) is 4.79 Å². The van der Waals surface area contributed by atoms with Crippen molar-refractivity contribution in [1.29, 1.82) is 0 Å². The normalized spacial score (nSPS) is 9.95. The second-order valence-corrected chi connectivity index (χ2v) is 4.15. The lowest BCUT2D eigenvalue weighted by Gasteiger charge is -2.08. The van der Waals surface area contributed by atoms with Crippen molar-refractivity contribution in [1.82, 2.24) is 0 Å². The number of para-hydroxylation sites is 1. The SMILES string of the molecule is O=C(COc1ccc(C(=O)O)cc1)Nc1ccccc1F. The van der Waals surface area contributed by atoms with Crippen LogP contribution in [-0.2, 0) is 4.79 Å². The molecule has 0 unspecified atom stereocenters. The smallest absolute Gasteiger partial charge is 0.335 e. The highest BCUT2D eigenvalue weighted by Crippen LogP contribution is 2.14. The van der Waals surface area contributed by atoms with Gasteiger partial charge < -0.3 is 15.2 Å². The molecule has 0 bridgehead atoms. The number of nitrogens with one attached hydrogen (secondary N) is 1. The quantitative estimate of drug-likeness (QED) is 0.887. The van der Waals surface area contributed by atoms with Crippen molar-refractivity contribution in [2.45, 2.75) is 0 Å². The van der Waals surface area contributed by atoms with Crippen molar-refractivity contribution in [2.75, 3.05) is 11.9 Å². The van der Waals surface area contributed by atoms with Gasteiger partial charge in [-0.1, -0.05) is 12.1 Å². The summed E-state index contributed by atoms with van der Waals surface area (Å²) in [6.45, 7) is -0.305. The third-order valence-electron chi connectivity index (χ3n) is 2.62. The summed E-state index contributed by atoms with van der Waals surface area (Å²) in [4.78, 5) is 22.3. The highest BCUT2D eigenvalue weighted by atomic mass is 19.1. The minimum atomic E-state index is -1.04. The third kappa shape index (κ3) is 4.04. The molecule has 5 nitrogen and oxygen atoms in total. The number of carboxylic acids is 1. The molecule has 6 heteroatoms. The van der Waals surface area contributed by atoms with Crippen molar-refractivity contribution in [2.24, 2.45) is 0 Å². The first-order valence-corrected chi connectivity index (χ1v) is 6.07. The molecule has 0 saturated carbocycles. The molecule has 2 aromatic carbocycles. The molecule has 0 heterocycles. The Kier molecular flexibility index (Phi) is 4.50. The zero-order valence-electron chi connectivity index (χ0n) is 10.9. The molecule has 21 heavy (non-hydrogen) atoms. The van der Waals surface area contributed by atoms with Crippen LogP contribution in [0.2, 0.25) is 0 Å². The molecule has 0 aliphatic carbocycles. The van der Waals surface area contributed by atoms with Gasteiger partial charge in [0, 0.05) is 0 Å². The van der Waals surface area contributed by atoms with Gasteiger partial charge >= 0.3 is 5.97 Å². The van der Waals surface area contributed by atoms with E-state index in [9.17, 15) is 14.0 Å². The first-order chi connectivity index (χ1) is 10.1. The Hall–Kier alpha value is -2.89.